The summed E-state index contributed by atoms with van der Waals surface area (Å²) in [7, 11) is 1.55. The summed E-state index contributed by atoms with van der Waals surface area (Å²) in [5.74, 6) is 0.405. The molecule has 1 N–H and O–H groups in total. The van der Waals surface area contributed by atoms with Gasteiger partial charge in [0, 0.05) is 35.6 Å². The Hall–Kier alpha value is -2.82. The lowest BCUT2D eigenvalue weighted by Gasteiger charge is -2.21. The predicted octanol–water partition coefficient (Wildman–Crippen LogP) is 3.93. The van der Waals surface area contributed by atoms with E-state index in [9.17, 15) is 9.59 Å². The van der Waals surface area contributed by atoms with Crippen molar-refractivity contribution >= 4 is 23.1 Å². The third-order valence-corrected chi connectivity index (χ3v) is 4.32. The first-order valence-corrected chi connectivity index (χ1v) is 8.81. The normalized spacial score (nSPS) is 10.3. The number of Topliss-reactive ketones (excluding diaryl/α,β-unsaturated/α-hetero) is 1. The second-order valence-electron chi connectivity index (χ2n) is 6.03. The highest BCUT2D eigenvalue weighted by Crippen LogP contribution is 2.22. The number of ketones is 1. The van der Waals surface area contributed by atoms with Crippen molar-refractivity contribution in [2.45, 2.75) is 27.2 Å². The van der Waals surface area contributed by atoms with Crippen LogP contribution in [0, 0.1) is 0 Å². The first-order chi connectivity index (χ1) is 12.5. The van der Waals surface area contributed by atoms with Crippen molar-refractivity contribution < 1.29 is 14.3 Å². The van der Waals surface area contributed by atoms with Crippen LogP contribution >= 0.6 is 0 Å². The Balaban J connectivity index is 2.09. The van der Waals surface area contributed by atoms with Gasteiger partial charge in [0.05, 0.1) is 13.5 Å². The SMILES string of the molecule is CCN(CC)c1ccc(NC(=O)Cc2cc(C(C)=O)ccc2OC)cc1. The van der Waals surface area contributed by atoms with E-state index >= 15 is 0 Å². The topological polar surface area (TPSA) is 58.6 Å². The summed E-state index contributed by atoms with van der Waals surface area (Å²) in [6.45, 7) is 7.61. The molecule has 0 saturated heterocycles. The summed E-state index contributed by atoms with van der Waals surface area (Å²) in [5, 5.41) is 2.89. The van der Waals surface area contributed by atoms with Crippen LogP contribution < -0.4 is 15.0 Å². The number of nitrogens with one attached hydrogen (secondary N) is 1. The molecule has 0 saturated carbocycles. The first kappa shape index (κ1) is 19.5. The van der Waals surface area contributed by atoms with Gasteiger partial charge in [0.15, 0.2) is 5.78 Å². The summed E-state index contributed by atoms with van der Waals surface area (Å²) < 4.78 is 5.30. The molecule has 0 radical (unpaired) electrons. The fourth-order valence-electron chi connectivity index (χ4n) is 2.86. The van der Waals surface area contributed by atoms with Crippen molar-refractivity contribution in [2.24, 2.45) is 0 Å². The number of nitrogens with zero attached hydrogens (tertiary/aromatic N) is 1. The standard InChI is InChI=1S/C21H26N2O3/c1-5-23(6-2)19-10-8-18(9-11-19)22-21(25)14-17-13-16(15(3)24)7-12-20(17)26-4/h7-13H,5-6,14H2,1-4H3,(H,22,25). The van der Waals surface area contributed by atoms with E-state index in [1.807, 2.05) is 24.3 Å². The number of benzene rings is 2. The van der Waals surface area contributed by atoms with E-state index < -0.39 is 0 Å². The van der Waals surface area contributed by atoms with Crippen LogP contribution in [-0.4, -0.2) is 31.9 Å². The molecule has 2 aromatic carbocycles. The van der Waals surface area contributed by atoms with Gasteiger partial charge in [-0.25, -0.2) is 0 Å². The van der Waals surface area contributed by atoms with E-state index in [1.165, 1.54) is 6.92 Å². The Kier molecular flexibility index (Phi) is 6.78. The zero-order chi connectivity index (χ0) is 19.1. The summed E-state index contributed by atoms with van der Waals surface area (Å²) >= 11 is 0. The Bertz CT molecular complexity index is 765. The number of carbonyl (C=O) groups is 2. The maximum atomic E-state index is 12.4. The quantitative estimate of drug-likeness (QED) is 0.730. The van der Waals surface area contributed by atoms with Crippen molar-refractivity contribution in [2.75, 3.05) is 30.4 Å². The number of hydrogen-bond acceptors (Lipinski definition) is 4. The highest BCUT2D eigenvalue weighted by atomic mass is 16.5. The average Bonchev–Trinajstić information content (AvgIpc) is 2.64. The predicted molar refractivity (Wildman–Crippen MR) is 105 cm³/mol. The smallest absolute Gasteiger partial charge is 0.228 e. The average molecular weight is 354 g/mol. The van der Waals surface area contributed by atoms with Gasteiger partial charge in [0.25, 0.3) is 0 Å². The third kappa shape index (κ3) is 4.85. The van der Waals surface area contributed by atoms with E-state index in [1.54, 1.807) is 25.3 Å². The summed E-state index contributed by atoms with van der Waals surface area (Å²) in [6, 6.07) is 12.9. The molecule has 0 aliphatic rings. The number of hydrogen-bond donors (Lipinski definition) is 1. The summed E-state index contributed by atoms with van der Waals surface area (Å²) in [4.78, 5) is 26.2. The van der Waals surface area contributed by atoms with E-state index in [-0.39, 0.29) is 18.1 Å². The molecule has 0 heterocycles. The van der Waals surface area contributed by atoms with Crippen molar-refractivity contribution in [3.63, 3.8) is 0 Å². The lowest BCUT2D eigenvalue weighted by atomic mass is 10.0. The number of anilines is 2. The minimum absolute atomic E-state index is 0.0405. The molecule has 0 aliphatic heterocycles. The zero-order valence-electron chi connectivity index (χ0n) is 15.8. The maximum absolute atomic E-state index is 12.4. The minimum atomic E-state index is -0.153. The molecule has 138 valence electrons. The molecule has 0 unspecified atom stereocenters. The number of ether oxygens (including phenoxy) is 1. The fraction of sp³-hybridized carbons (Fsp3) is 0.333. The molecule has 0 fully saturated rings. The lowest BCUT2D eigenvalue weighted by molar-refractivity contribution is -0.115. The highest BCUT2D eigenvalue weighted by Gasteiger charge is 2.12. The van der Waals surface area contributed by atoms with Crippen molar-refractivity contribution in [3.8, 4) is 5.75 Å². The van der Waals surface area contributed by atoms with Crippen LogP contribution in [0.5, 0.6) is 5.75 Å². The summed E-state index contributed by atoms with van der Waals surface area (Å²) in [5.41, 5.74) is 3.13. The van der Waals surface area contributed by atoms with Gasteiger partial charge < -0.3 is 15.0 Å². The molecule has 0 bridgehead atoms. The van der Waals surface area contributed by atoms with E-state index in [0.717, 1.165) is 24.5 Å². The van der Waals surface area contributed by atoms with Gasteiger partial charge in [-0.2, -0.15) is 0 Å². The number of rotatable bonds is 8. The Morgan fingerprint density at radius 2 is 1.69 bits per heavy atom. The molecule has 2 aromatic rings. The maximum Gasteiger partial charge on any atom is 0.228 e. The molecule has 0 spiro atoms. The largest absolute Gasteiger partial charge is 0.496 e. The number of carbonyl (C=O) groups excluding carboxylic acids is 2. The van der Waals surface area contributed by atoms with Crippen molar-refractivity contribution in [1.29, 1.82) is 0 Å². The number of methoxy groups -OCH3 is 1. The van der Waals surface area contributed by atoms with Gasteiger partial charge in [0.1, 0.15) is 5.75 Å². The summed E-state index contributed by atoms with van der Waals surface area (Å²) in [6.07, 6.45) is 0.141. The van der Waals surface area contributed by atoms with Crippen LogP contribution in [0.2, 0.25) is 0 Å². The van der Waals surface area contributed by atoms with Crippen molar-refractivity contribution in [1.82, 2.24) is 0 Å². The Morgan fingerprint density at radius 3 is 2.23 bits per heavy atom. The van der Waals surface area contributed by atoms with Crippen molar-refractivity contribution in [3.05, 3.63) is 53.6 Å². The van der Waals surface area contributed by atoms with Gasteiger partial charge in [-0.1, -0.05) is 0 Å². The lowest BCUT2D eigenvalue weighted by Crippen LogP contribution is -2.21. The van der Waals surface area contributed by atoms with Crippen LogP contribution in [0.3, 0.4) is 0 Å². The molecular formula is C21H26N2O3. The van der Waals surface area contributed by atoms with Gasteiger partial charge in [0.2, 0.25) is 5.91 Å². The molecule has 5 heteroatoms. The molecule has 1 amide bonds. The van der Waals surface area contributed by atoms with Crippen LogP contribution in [0.15, 0.2) is 42.5 Å². The van der Waals surface area contributed by atoms with Crippen LogP contribution in [-0.2, 0) is 11.2 Å². The van der Waals surface area contributed by atoms with E-state index in [2.05, 4.69) is 24.1 Å². The molecule has 0 aromatic heterocycles. The minimum Gasteiger partial charge on any atom is -0.496 e. The molecule has 2 rings (SSSR count). The third-order valence-electron chi connectivity index (χ3n) is 4.32. The molecule has 26 heavy (non-hydrogen) atoms. The molecule has 0 atom stereocenters. The van der Waals surface area contributed by atoms with E-state index in [0.29, 0.717) is 16.9 Å². The van der Waals surface area contributed by atoms with E-state index in [4.69, 9.17) is 4.74 Å². The molecule has 5 nitrogen and oxygen atoms in total. The Morgan fingerprint density at radius 1 is 1.04 bits per heavy atom. The second kappa shape index (κ2) is 9.04. The monoisotopic (exact) mass is 354 g/mol. The van der Waals surface area contributed by atoms with Crippen LogP contribution in [0.1, 0.15) is 36.7 Å². The zero-order valence-corrected chi connectivity index (χ0v) is 15.8. The van der Waals surface area contributed by atoms with Crippen LogP contribution in [0.25, 0.3) is 0 Å². The fourth-order valence-corrected chi connectivity index (χ4v) is 2.86. The second-order valence-corrected chi connectivity index (χ2v) is 6.03. The van der Waals surface area contributed by atoms with Gasteiger partial charge in [-0.05, 0) is 63.2 Å². The molecular weight excluding hydrogens is 328 g/mol. The Labute approximate surface area is 155 Å². The van der Waals surface area contributed by atoms with Gasteiger partial charge in [-0.15, -0.1) is 0 Å². The number of amides is 1. The first-order valence-electron chi connectivity index (χ1n) is 8.81. The van der Waals surface area contributed by atoms with Gasteiger partial charge in [-0.3, -0.25) is 9.59 Å². The van der Waals surface area contributed by atoms with Crippen LogP contribution in [0.4, 0.5) is 11.4 Å². The highest BCUT2D eigenvalue weighted by molar-refractivity contribution is 5.96. The molecule has 0 aliphatic carbocycles. The van der Waals surface area contributed by atoms with Gasteiger partial charge >= 0.3 is 0 Å².